The minimum Gasteiger partial charge on any atom is -0.492 e. The van der Waals surface area contributed by atoms with E-state index in [-0.39, 0.29) is 17.5 Å². The summed E-state index contributed by atoms with van der Waals surface area (Å²) in [6, 6.07) is 8.21. The molecular formula is C17H24N2O2. The van der Waals surface area contributed by atoms with Gasteiger partial charge in [-0.15, -0.1) is 0 Å². The molecule has 1 aliphatic carbocycles. The van der Waals surface area contributed by atoms with Crippen LogP contribution in [0.1, 0.15) is 45.2 Å². The summed E-state index contributed by atoms with van der Waals surface area (Å²) in [5.74, 6) is 0.919. The molecule has 1 fully saturated rings. The Morgan fingerprint density at radius 2 is 2.00 bits per heavy atom. The van der Waals surface area contributed by atoms with Crippen molar-refractivity contribution in [1.82, 2.24) is 10.2 Å². The van der Waals surface area contributed by atoms with Gasteiger partial charge in [-0.25, -0.2) is 0 Å². The number of fused-ring (bicyclic) bond motifs is 1. The Morgan fingerprint density at radius 3 is 2.67 bits per heavy atom. The molecule has 114 valence electrons. The molecule has 4 heteroatoms. The van der Waals surface area contributed by atoms with E-state index in [1.165, 1.54) is 12.8 Å². The molecule has 0 saturated heterocycles. The lowest BCUT2D eigenvalue weighted by molar-refractivity contribution is -0.128. The Morgan fingerprint density at radius 1 is 1.29 bits per heavy atom. The third-order valence-electron chi connectivity index (χ3n) is 3.91. The van der Waals surface area contributed by atoms with Crippen LogP contribution in [-0.2, 0) is 4.79 Å². The maximum Gasteiger partial charge on any atom is 0.242 e. The van der Waals surface area contributed by atoms with E-state index in [0.717, 1.165) is 17.9 Å². The fourth-order valence-electron chi connectivity index (χ4n) is 2.94. The van der Waals surface area contributed by atoms with Crippen LogP contribution in [0, 0.1) is 0 Å². The van der Waals surface area contributed by atoms with Crippen LogP contribution < -0.4 is 10.1 Å². The zero-order valence-corrected chi connectivity index (χ0v) is 13.1. The van der Waals surface area contributed by atoms with Crippen LogP contribution in [0.5, 0.6) is 5.75 Å². The summed E-state index contributed by atoms with van der Waals surface area (Å²) >= 11 is 0. The molecule has 1 aromatic carbocycles. The van der Waals surface area contributed by atoms with Crippen LogP contribution in [0.4, 0.5) is 0 Å². The number of nitrogens with zero attached hydrogens (tertiary/aromatic N) is 1. The maximum absolute atomic E-state index is 12.9. The summed E-state index contributed by atoms with van der Waals surface area (Å²) in [7, 11) is 0. The van der Waals surface area contributed by atoms with Crippen LogP contribution in [0.25, 0.3) is 0 Å². The molecule has 1 aliphatic heterocycles. The fourth-order valence-corrected chi connectivity index (χ4v) is 2.94. The van der Waals surface area contributed by atoms with Gasteiger partial charge >= 0.3 is 0 Å². The molecule has 1 aromatic rings. The van der Waals surface area contributed by atoms with Crippen molar-refractivity contribution in [2.75, 3.05) is 13.2 Å². The number of hydrogen-bond donors (Lipinski definition) is 1. The zero-order chi connectivity index (χ0) is 15.0. The Bertz CT molecular complexity index is 532. The Balaban J connectivity index is 1.96. The van der Waals surface area contributed by atoms with Gasteiger partial charge in [0.15, 0.2) is 0 Å². The number of nitrogens with one attached hydrogen (secondary N) is 1. The van der Waals surface area contributed by atoms with Crippen LogP contribution in [0.3, 0.4) is 0 Å². The van der Waals surface area contributed by atoms with Crippen LogP contribution in [0.2, 0.25) is 0 Å². The number of carbonyl (C=O) groups is 1. The van der Waals surface area contributed by atoms with Gasteiger partial charge in [-0.1, -0.05) is 18.2 Å². The van der Waals surface area contributed by atoms with E-state index in [0.29, 0.717) is 12.6 Å². The van der Waals surface area contributed by atoms with Gasteiger partial charge < -0.3 is 10.1 Å². The second kappa shape index (κ2) is 5.34. The first-order chi connectivity index (χ1) is 9.96. The van der Waals surface area contributed by atoms with Crippen molar-refractivity contribution in [2.45, 2.75) is 51.2 Å². The topological polar surface area (TPSA) is 41.6 Å². The monoisotopic (exact) mass is 288 g/mol. The van der Waals surface area contributed by atoms with Crippen LogP contribution >= 0.6 is 0 Å². The molecule has 1 unspecified atom stereocenters. The molecule has 2 aliphatic rings. The lowest BCUT2D eigenvalue weighted by Crippen LogP contribution is -2.48. The molecule has 3 rings (SSSR count). The van der Waals surface area contributed by atoms with Gasteiger partial charge in [-0.2, -0.15) is 0 Å². The van der Waals surface area contributed by atoms with Gasteiger partial charge in [0.1, 0.15) is 18.4 Å². The van der Waals surface area contributed by atoms with E-state index < -0.39 is 0 Å². The Labute approximate surface area is 126 Å². The predicted octanol–water partition coefficient (Wildman–Crippen LogP) is 2.50. The molecule has 4 nitrogen and oxygen atoms in total. The number of hydrogen-bond acceptors (Lipinski definition) is 3. The van der Waals surface area contributed by atoms with Gasteiger partial charge in [-0.05, 0) is 39.7 Å². The number of rotatable bonds is 2. The first-order valence-electron chi connectivity index (χ1n) is 7.75. The zero-order valence-electron chi connectivity index (χ0n) is 13.1. The first-order valence-corrected chi connectivity index (χ1v) is 7.75. The van der Waals surface area contributed by atoms with Gasteiger partial charge in [0.2, 0.25) is 5.91 Å². The highest BCUT2D eigenvalue weighted by molar-refractivity contribution is 5.84. The molecule has 0 spiro atoms. The van der Waals surface area contributed by atoms with Crippen LogP contribution in [-0.4, -0.2) is 35.5 Å². The van der Waals surface area contributed by atoms with Crippen molar-refractivity contribution in [3.8, 4) is 5.75 Å². The highest BCUT2D eigenvalue weighted by Crippen LogP contribution is 2.39. The summed E-state index contributed by atoms with van der Waals surface area (Å²) in [6.45, 7) is 7.51. The fraction of sp³-hybridized carbons (Fsp3) is 0.588. The predicted molar refractivity (Wildman–Crippen MR) is 82.3 cm³/mol. The number of para-hydroxylation sites is 1. The third-order valence-corrected chi connectivity index (χ3v) is 3.91. The minimum atomic E-state index is -0.240. The van der Waals surface area contributed by atoms with E-state index >= 15 is 0 Å². The number of benzene rings is 1. The van der Waals surface area contributed by atoms with Crippen molar-refractivity contribution >= 4 is 5.91 Å². The summed E-state index contributed by atoms with van der Waals surface area (Å²) in [6.07, 6.45) is 2.36. The highest BCUT2D eigenvalue weighted by atomic mass is 16.5. The molecule has 1 N–H and O–H groups in total. The second-order valence-electron chi connectivity index (χ2n) is 7.00. The lowest BCUT2D eigenvalue weighted by atomic mass is 10.0. The molecule has 0 radical (unpaired) electrons. The number of ether oxygens (including phenoxy) is 1. The molecule has 1 saturated carbocycles. The smallest absolute Gasteiger partial charge is 0.242 e. The molecule has 1 atom stereocenters. The van der Waals surface area contributed by atoms with Crippen molar-refractivity contribution in [1.29, 1.82) is 0 Å². The average Bonchev–Trinajstić information content (AvgIpc) is 3.22. The standard InChI is InChI=1S/C17H24N2O2/c1-17(2,3)18-16(20)15-13-6-4-5-7-14(13)21-11-10-19(15)12-8-9-12/h4-7,12,15H,8-11H2,1-3H3,(H,18,20). The molecule has 0 bridgehead atoms. The molecule has 1 amide bonds. The summed E-state index contributed by atoms with van der Waals surface area (Å²) in [5.41, 5.74) is 0.762. The summed E-state index contributed by atoms with van der Waals surface area (Å²) in [5, 5.41) is 3.13. The normalized spacial score (nSPS) is 22.9. The quantitative estimate of drug-likeness (QED) is 0.909. The lowest BCUT2D eigenvalue weighted by Gasteiger charge is -2.32. The number of carbonyl (C=O) groups excluding carboxylic acids is 1. The molecular weight excluding hydrogens is 264 g/mol. The largest absolute Gasteiger partial charge is 0.492 e. The van der Waals surface area contributed by atoms with E-state index in [2.05, 4.69) is 10.2 Å². The van der Waals surface area contributed by atoms with E-state index in [1.54, 1.807) is 0 Å². The highest BCUT2D eigenvalue weighted by Gasteiger charge is 2.41. The summed E-state index contributed by atoms with van der Waals surface area (Å²) in [4.78, 5) is 15.2. The van der Waals surface area contributed by atoms with Crippen LogP contribution in [0.15, 0.2) is 24.3 Å². The Kier molecular flexibility index (Phi) is 3.66. The molecule has 1 heterocycles. The Hall–Kier alpha value is -1.55. The SMILES string of the molecule is CC(C)(C)NC(=O)C1c2ccccc2OCCN1C1CC1. The van der Waals surface area contributed by atoms with Crippen molar-refractivity contribution in [3.05, 3.63) is 29.8 Å². The molecule has 21 heavy (non-hydrogen) atoms. The van der Waals surface area contributed by atoms with Gasteiger partial charge in [0.25, 0.3) is 0 Å². The van der Waals surface area contributed by atoms with Crippen molar-refractivity contribution in [3.63, 3.8) is 0 Å². The number of amides is 1. The third kappa shape index (κ3) is 3.21. The van der Waals surface area contributed by atoms with Gasteiger partial charge in [-0.3, -0.25) is 9.69 Å². The average molecular weight is 288 g/mol. The van der Waals surface area contributed by atoms with E-state index in [1.807, 2.05) is 45.0 Å². The van der Waals surface area contributed by atoms with Gasteiger partial charge in [0.05, 0.1) is 0 Å². The van der Waals surface area contributed by atoms with E-state index in [9.17, 15) is 4.79 Å². The maximum atomic E-state index is 12.9. The van der Waals surface area contributed by atoms with Gasteiger partial charge in [0, 0.05) is 23.7 Å². The minimum absolute atomic E-state index is 0.0763. The molecule has 0 aromatic heterocycles. The second-order valence-corrected chi connectivity index (χ2v) is 7.00. The van der Waals surface area contributed by atoms with E-state index in [4.69, 9.17) is 4.74 Å². The van der Waals surface area contributed by atoms with Crippen molar-refractivity contribution < 1.29 is 9.53 Å². The first kappa shape index (κ1) is 14.4. The van der Waals surface area contributed by atoms with Crippen molar-refractivity contribution in [2.24, 2.45) is 0 Å². The summed E-state index contributed by atoms with van der Waals surface area (Å²) < 4.78 is 5.85.